The van der Waals surface area contributed by atoms with E-state index < -0.39 is 35.7 Å². The van der Waals surface area contributed by atoms with Crippen molar-refractivity contribution in [1.29, 1.82) is 0 Å². The number of amides is 1. The van der Waals surface area contributed by atoms with Gasteiger partial charge >= 0.3 is 6.18 Å². The fraction of sp³-hybridized carbons (Fsp3) is 0.417. The first-order valence-corrected chi connectivity index (χ1v) is 6.49. The average molecular weight is 360 g/mol. The molecule has 20 heavy (non-hydrogen) atoms. The Morgan fingerprint density at radius 2 is 1.70 bits per heavy atom. The molecule has 0 aliphatic heterocycles. The van der Waals surface area contributed by atoms with Crippen molar-refractivity contribution >= 4 is 21.8 Å². The average Bonchev–Trinajstić information content (AvgIpc) is 2.25. The molecule has 0 spiro atoms. The quantitative estimate of drug-likeness (QED) is 0.619. The van der Waals surface area contributed by atoms with Crippen molar-refractivity contribution in [3.63, 3.8) is 0 Å². The van der Waals surface area contributed by atoms with Crippen molar-refractivity contribution in [2.75, 3.05) is 6.54 Å². The van der Waals surface area contributed by atoms with Gasteiger partial charge in [0, 0.05) is 17.4 Å². The van der Waals surface area contributed by atoms with Gasteiger partial charge in [0.2, 0.25) is 0 Å². The third kappa shape index (κ3) is 5.44. The standard InChI is InChI=1S/C12H11BrF5NO/c13-7-5-8(14)10(9(15)6-7)11(20)19-4-2-1-3-12(16,17)18/h5-6H,1-4H2,(H,19,20). The van der Waals surface area contributed by atoms with Crippen LogP contribution in [0.15, 0.2) is 16.6 Å². The molecule has 0 saturated heterocycles. The highest BCUT2D eigenvalue weighted by Crippen LogP contribution is 2.22. The summed E-state index contributed by atoms with van der Waals surface area (Å²) in [7, 11) is 0. The molecule has 1 aromatic rings. The summed E-state index contributed by atoms with van der Waals surface area (Å²) in [5, 5.41) is 2.18. The van der Waals surface area contributed by atoms with E-state index in [2.05, 4.69) is 21.2 Å². The van der Waals surface area contributed by atoms with E-state index in [4.69, 9.17) is 0 Å². The van der Waals surface area contributed by atoms with E-state index in [1.54, 1.807) is 0 Å². The molecule has 0 aromatic heterocycles. The van der Waals surface area contributed by atoms with E-state index in [-0.39, 0.29) is 23.9 Å². The van der Waals surface area contributed by atoms with Gasteiger partial charge in [0.25, 0.3) is 5.91 Å². The number of hydrogen-bond acceptors (Lipinski definition) is 1. The minimum absolute atomic E-state index is 0.0744. The maximum Gasteiger partial charge on any atom is 0.389 e. The number of nitrogens with one attached hydrogen (secondary N) is 1. The van der Waals surface area contributed by atoms with Gasteiger partial charge < -0.3 is 5.32 Å². The van der Waals surface area contributed by atoms with Crippen LogP contribution in [0.5, 0.6) is 0 Å². The lowest BCUT2D eigenvalue weighted by molar-refractivity contribution is -0.135. The molecule has 0 atom stereocenters. The van der Waals surface area contributed by atoms with Crippen molar-refractivity contribution in [1.82, 2.24) is 5.32 Å². The molecule has 112 valence electrons. The number of alkyl halides is 3. The normalized spacial score (nSPS) is 11.5. The van der Waals surface area contributed by atoms with E-state index in [1.807, 2.05) is 0 Å². The topological polar surface area (TPSA) is 29.1 Å². The van der Waals surface area contributed by atoms with E-state index >= 15 is 0 Å². The second-order valence-corrected chi connectivity index (χ2v) is 4.99. The van der Waals surface area contributed by atoms with Crippen LogP contribution in [0, 0.1) is 11.6 Å². The van der Waals surface area contributed by atoms with Gasteiger partial charge in [-0.15, -0.1) is 0 Å². The van der Waals surface area contributed by atoms with Gasteiger partial charge in [0.15, 0.2) is 0 Å². The van der Waals surface area contributed by atoms with Gasteiger partial charge in [-0.2, -0.15) is 13.2 Å². The van der Waals surface area contributed by atoms with Crippen molar-refractivity contribution in [3.05, 3.63) is 33.8 Å². The molecule has 0 aliphatic rings. The number of benzene rings is 1. The SMILES string of the molecule is O=C(NCCCCC(F)(F)F)c1c(F)cc(Br)cc1F. The van der Waals surface area contributed by atoms with Crippen LogP contribution in [0.4, 0.5) is 22.0 Å². The molecule has 2 nitrogen and oxygen atoms in total. The molecule has 0 fully saturated rings. The van der Waals surface area contributed by atoms with Gasteiger partial charge in [-0.3, -0.25) is 4.79 Å². The lowest BCUT2D eigenvalue weighted by Crippen LogP contribution is -2.26. The minimum Gasteiger partial charge on any atom is -0.352 e. The third-order valence-electron chi connectivity index (χ3n) is 2.41. The Hall–Kier alpha value is -1.18. The summed E-state index contributed by atoms with van der Waals surface area (Å²) in [5.41, 5.74) is -0.746. The van der Waals surface area contributed by atoms with Gasteiger partial charge in [0.1, 0.15) is 17.2 Å². The summed E-state index contributed by atoms with van der Waals surface area (Å²) in [6.07, 6.45) is -5.28. The minimum atomic E-state index is -4.24. The molecule has 0 bridgehead atoms. The molecular formula is C12H11BrF5NO. The Kier molecular flexibility index (Phi) is 5.91. The second-order valence-electron chi connectivity index (χ2n) is 4.07. The van der Waals surface area contributed by atoms with Crippen LogP contribution in [0.1, 0.15) is 29.6 Å². The van der Waals surface area contributed by atoms with Crippen LogP contribution in [-0.2, 0) is 0 Å². The smallest absolute Gasteiger partial charge is 0.352 e. The van der Waals surface area contributed by atoms with Gasteiger partial charge in [-0.25, -0.2) is 8.78 Å². The number of carbonyl (C=O) groups is 1. The second kappa shape index (κ2) is 7.01. The Morgan fingerprint density at radius 1 is 1.15 bits per heavy atom. The molecule has 0 radical (unpaired) electrons. The molecule has 1 N–H and O–H groups in total. The summed E-state index contributed by atoms with van der Waals surface area (Å²) in [6.45, 7) is -0.0795. The summed E-state index contributed by atoms with van der Waals surface area (Å²) in [6, 6.07) is 1.86. The fourth-order valence-corrected chi connectivity index (χ4v) is 1.90. The number of halogens is 6. The van der Waals surface area contributed by atoms with E-state index in [1.165, 1.54) is 0 Å². The summed E-state index contributed by atoms with van der Waals surface area (Å²) in [4.78, 5) is 11.5. The zero-order chi connectivity index (χ0) is 15.3. The van der Waals surface area contributed by atoms with Crippen LogP contribution in [-0.4, -0.2) is 18.6 Å². The predicted octanol–water partition coefficient (Wildman–Crippen LogP) is 4.19. The summed E-state index contributed by atoms with van der Waals surface area (Å²) >= 11 is 2.87. The third-order valence-corrected chi connectivity index (χ3v) is 2.86. The molecule has 1 rings (SSSR count). The lowest BCUT2D eigenvalue weighted by atomic mass is 10.1. The molecule has 0 unspecified atom stereocenters. The Balaban J connectivity index is 2.48. The monoisotopic (exact) mass is 359 g/mol. The summed E-state index contributed by atoms with van der Waals surface area (Å²) < 4.78 is 62.6. The molecule has 1 amide bonds. The first-order chi connectivity index (χ1) is 9.20. The zero-order valence-electron chi connectivity index (χ0n) is 10.2. The highest BCUT2D eigenvalue weighted by atomic mass is 79.9. The van der Waals surface area contributed by atoms with E-state index in [9.17, 15) is 26.7 Å². The van der Waals surface area contributed by atoms with Crippen LogP contribution < -0.4 is 5.32 Å². The molecule has 1 aromatic carbocycles. The van der Waals surface area contributed by atoms with Crippen LogP contribution in [0.25, 0.3) is 0 Å². The maximum atomic E-state index is 13.4. The van der Waals surface area contributed by atoms with Gasteiger partial charge in [-0.05, 0) is 25.0 Å². The zero-order valence-corrected chi connectivity index (χ0v) is 11.7. The predicted molar refractivity (Wildman–Crippen MR) is 66.3 cm³/mol. The van der Waals surface area contributed by atoms with E-state index in [0.29, 0.717) is 0 Å². The molecule has 0 aliphatic carbocycles. The maximum absolute atomic E-state index is 13.4. The number of unbranched alkanes of at least 4 members (excludes halogenated alkanes) is 1. The van der Waals surface area contributed by atoms with Gasteiger partial charge in [0.05, 0.1) is 0 Å². The van der Waals surface area contributed by atoms with E-state index in [0.717, 1.165) is 12.1 Å². The molecule has 8 heteroatoms. The highest BCUT2D eigenvalue weighted by molar-refractivity contribution is 9.10. The van der Waals surface area contributed by atoms with Crippen molar-refractivity contribution in [2.24, 2.45) is 0 Å². The Morgan fingerprint density at radius 3 is 2.20 bits per heavy atom. The largest absolute Gasteiger partial charge is 0.389 e. The lowest BCUT2D eigenvalue weighted by Gasteiger charge is -2.08. The van der Waals surface area contributed by atoms with Crippen LogP contribution >= 0.6 is 15.9 Å². The number of hydrogen-bond donors (Lipinski definition) is 1. The first kappa shape index (κ1) is 16.9. The molecular weight excluding hydrogens is 349 g/mol. The fourth-order valence-electron chi connectivity index (χ4n) is 1.50. The van der Waals surface area contributed by atoms with Crippen molar-refractivity contribution in [3.8, 4) is 0 Å². The summed E-state index contributed by atoms with van der Waals surface area (Å²) in [5.74, 6) is -3.06. The van der Waals surface area contributed by atoms with Crippen LogP contribution in [0.2, 0.25) is 0 Å². The molecule has 0 saturated carbocycles. The van der Waals surface area contributed by atoms with Gasteiger partial charge in [-0.1, -0.05) is 15.9 Å². The Bertz CT molecular complexity index is 466. The number of rotatable bonds is 5. The van der Waals surface area contributed by atoms with Crippen LogP contribution in [0.3, 0.4) is 0 Å². The van der Waals surface area contributed by atoms with Crippen molar-refractivity contribution < 1.29 is 26.7 Å². The van der Waals surface area contributed by atoms with Crippen molar-refractivity contribution in [2.45, 2.75) is 25.4 Å². The first-order valence-electron chi connectivity index (χ1n) is 5.70. The Labute approximate surface area is 120 Å². The highest BCUT2D eigenvalue weighted by Gasteiger charge is 2.26. The molecule has 0 heterocycles. The number of carbonyl (C=O) groups excluding carboxylic acids is 1.